The predicted octanol–water partition coefficient (Wildman–Crippen LogP) is 3.32. The Morgan fingerprint density at radius 2 is 2.24 bits per heavy atom. The smallest absolute Gasteiger partial charge is 0.142 e. The van der Waals surface area contributed by atoms with Gasteiger partial charge in [-0.1, -0.05) is 19.1 Å². The second kappa shape index (κ2) is 7.49. The van der Waals surface area contributed by atoms with E-state index in [1.165, 1.54) is 0 Å². The maximum absolute atomic E-state index is 14.2. The van der Waals surface area contributed by atoms with Crippen molar-refractivity contribution in [2.75, 3.05) is 6.61 Å². The molecular weight excluding hydrogens is 337 g/mol. The molecule has 4 nitrogen and oxygen atoms in total. The normalized spacial score (nSPS) is 12.2. The number of hydrazine groups is 1. The first kappa shape index (κ1) is 15.9. The van der Waals surface area contributed by atoms with Gasteiger partial charge in [-0.15, -0.1) is 0 Å². The van der Waals surface area contributed by atoms with Crippen molar-refractivity contribution >= 4 is 15.9 Å². The Balaban J connectivity index is 2.35. The molecule has 0 spiro atoms. The van der Waals surface area contributed by atoms with E-state index in [0.29, 0.717) is 22.4 Å². The van der Waals surface area contributed by atoms with Gasteiger partial charge < -0.3 is 4.74 Å². The monoisotopic (exact) mass is 353 g/mol. The number of nitrogens with one attached hydrogen (secondary N) is 1. The molecule has 0 bridgehead atoms. The Kier molecular flexibility index (Phi) is 5.67. The molecule has 1 atom stereocenters. The van der Waals surface area contributed by atoms with E-state index in [1.54, 1.807) is 30.6 Å². The molecule has 3 N–H and O–H groups in total. The minimum absolute atomic E-state index is 0.347. The van der Waals surface area contributed by atoms with Crippen molar-refractivity contribution in [2.45, 2.75) is 19.4 Å². The van der Waals surface area contributed by atoms with Gasteiger partial charge in [0.2, 0.25) is 0 Å². The summed E-state index contributed by atoms with van der Waals surface area (Å²) in [6, 6.07) is 6.40. The Bertz CT molecular complexity index is 609. The minimum atomic E-state index is -0.500. The molecule has 0 fully saturated rings. The fourth-order valence-corrected chi connectivity index (χ4v) is 2.38. The number of halogens is 2. The van der Waals surface area contributed by atoms with Crippen molar-refractivity contribution in [3.63, 3.8) is 0 Å². The summed E-state index contributed by atoms with van der Waals surface area (Å²) >= 11 is 3.18. The van der Waals surface area contributed by atoms with Crippen LogP contribution in [-0.4, -0.2) is 11.6 Å². The molecule has 0 radical (unpaired) electrons. The highest BCUT2D eigenvalue weighted by atomic mass is 79.9. The van der Waals surface area contributed by atoms with E-state index in [4.69, 9.17) is 10.6 Å². The van der Waals surface area contributed by atoms with E-state index >= 15 is 0 Å². The molecule has 1 aromatic heterocycles. The van der Waals surface area contributed by atoms with Gasteiger partial charge in [-0.05, 0) is 40.0 Å². The number of rotatable bonds is 6. The number of ether oxygens (including phenoxy) is 1. The first-order chi connectivity index (χ1) is 10.2. The summed E-state index contributed by atoms with van der Waals surface area (Å²) in [7, 11) is 0. The summed E-state index contributed by atoms with van der Waals surface area (Å²) in [5.74, 6) is 5.90. The molecule has 0 aliphatic heterocycles. The van der Waals surface area contributed by atoms with Crippen LogP contribution in [0, 0.1) is 5.82 Å². The van der Waals surface area contributed by atoms with Gasteiger partial charge in [0.25, 0.3) is 0 Å². The zero-order chi connectivity index (χ0) is 15.2. The van der Waals surface area contributed by atoms with Gasteiger partial charge in [-0.3, -0.25) is 10.8 Å². The zero-order valence-corrected chi connectivity index (χ0v) is 13.2. The lowest BCUT2D eigenvalue weighted by atomic mass is 10.0. The zero-order valence-electron chi connectivity index (χ0n) is 11.6. The molecule has 0 aliphatic carbocycles. The van der Waals surface area contributed by atoms with E-state index in [0.717, 1.165) is 12.0 Å². The second-order valence-electron chi connectivity index (χ2n) is 4.55. The van der Waals surface area contributed by atoms with Crippen molar-refractivity contribution in [2.24, 2.45) is 5.84 Å². The summed E-state index contributed by atoms with van der Waals surface area (Å²) in [6.45, 7) is 2.63. The molecule has 1 aromatic carbocycles. The third kappa shape index (κ3) is 3.78. The fourth-order valence-electron chi connectivity index (χ4n) is 2.00. The van der Waals surface area contributed by atoms with Crippen LogP contribution in [0.2, 0.25) is 0 Å². The molecule has 1 heterocycles. The first-order valence-electron chi connectivity index (χ1n) is 6.65. The number of hydrogen-bond donors (Lipinski definition) is 2. The van der Waals surface area contributed by atoms with Crippen LogP contribution in [-0.2, 0) is 0 Å². The van der Waals surface area contributed by atoms with Crippen LogP contribution in [0.3, 0.4) is 0 Å². The van der Waals surface area contributed by atoms with Crippen LogP contribution in [0.1, 0.15) is 30.5 Å². The number of benzene rings is 1. The summed E-state index contributed by atoms with van der Waals surface area (Å²) in [6.07, 6.45) is 4.18. The van der Waals surface area contributed by atoms with E-state index in [1.807, 2.05) is 13.0 Å². The molecule has 2 aromatic rings. The highest BCUT2D eigenvalue weighted by Gasteiger charge is 2.19. The molecular formula is C15H17BrFN3O. The van der Waals surface area contributed by atoms with Crippen molar-refractivity contribution in [3.05, 3.63) is 58.1 Å². The van der Waals surface area contributed by atoms with E-state index in [2.05, 4.69) is 26.3 Å². The topological polar surface area (TPSA) is 60.2 Å². The predicted molar refractivity (Wildman–Crippen MR) is 83.3 cm³/mol. The molecule has 1 unspecified atom stereocenters. The van der Waals surface area contributed by atoms with Gasteiger partial charge in [-0.2, -0.15) is 0 Å². The lowest BCUT2D eigenvalue weighted by Gasteiger charge is -2.18. The van der Waals surface area contributed by atoms with Crippen LogP contribution < -0.4 is 16.0 Å². The van der Waals surface area contributed by atoms with Gasteiger partial charge in [-0.25, -0.2) is 9.82 Å². The van der Waals surface area contributed by atoms with E-state index < -0.39 is 6.04 Å². The molecule has 6 heteroatoms. The summed E-state index contributed by atoms with van der Waals surface area (Å²) in [4.78, 5) is 4.13. The first-order valence-corrected chi connectivity index (χ1v) is 7.44. The standard InChI is InChI=1S/C15H17BrFN3O/c1-2-6-21-11-7-10(8-19-9-11)15(20-18)12-4-3-5-13(16)14(12)17/h3-5,7-9,15,20H,2,6,18H2,1H3. The largest absolute Gasteiger partial charge is 0.492 e. The summed E-state index contributed by atoms with van der Waals surface area (Å²) < 4.78 is 20.2. The Morgan fingerprint density at radius 3 is 2.95 bits per heavy atom. The maximum Gasteiger partial charge on any atom is 0.142 e. The maximum atomic E-state index is 14.2. The second-order valence-corrected chi connectivity index (χ2v) is 5.40. The molecule has 0 saturated carbocycles. The van der Waals surface area contributed by atoms with Crippen LogP contribution in [0.5, 0.6) is 5.75 Å². The Labute approximate surface area is 131 Å². The summed E-state index contributed by atoms with van der Waals surface area (Å²) in [5, 5.41) is 0. The van der Waals surface area contributed by atoms with Crippen LogP contribution in [0.4, 0.5) is 4.39 Å². The van der Waals surface area contributed by atoms with Crippen LogP contribution >= 0.6 is 15.9 Å². The quantitative estimate of drug-likeness (QED) is 0.617. The average Bonchev–Trinajstić information content (AvgIpc) is 2.50. The SMILES string of the molecule is CCCOc1cncc(C(NN)c2cccc(Br)c2F)c1. The molecule has 0 saturated heterocycles. The molecule has 2 rings (SSSR count). The Morgan fingerprint density at radius 1 is 1.43 bits per heavy atom. The number of nitrogens with zero attached hydrogens (tertiary/aromatic N) is 1. The van der Waals surface area contributed by atoms with Crippen LogP contribution in [0.25, 0.3) is 0 Å². The van der Waals surface area contributed by atoms with Crippen molar-refractivity contribution in [3.8, 4) is 5.75 Å². The number of nitrogens with two attached hydrogens (primary N) is 1. The lowest BCUT2D eigenvalue weighted by Crippen LogP contribution is -2.29. The van der Waals surface area contributed by atoms with Gasteiger partial charge in [0, 0.05) is 11.8 Å². The number of hydrogen-bond acceptors (Lipinski definition) is 4. The third-order valence-corrected chi connectivity index (χ3v) is 3.61. The Hall–Kier alpha value is -1.50. The van der Waals surface area contributed by atoms with Crippen molar-refractivity contribution < 1.29 is 9.13 Å². The molecule has 112 valence electrons. The number of pyridine rings is 1. The average molecular weight is 354 g/mol. The highest BCUT2D eigenvalue weighted by molar-refractivity contribution is 9.10. The van der Waals surface area contributed by atoms with Crippen molar-refractivity contribution in [1.29, 1.82) is 0 Å². The fraction of sp³-hybridized carbons (Fsp3) is 0.267. The molecule has 0 amide bonds. The van der Waals surface area contributed by atoms with Crippen molar-refractivity contribution in [1.82, 2.24) is 10.4 Å². The molecule has 0 aliphatic rings. The van der Waals surface area contributed by atoms with E-state index in [-0.39, 0.29) is 5.82 Å². The van der Waals surface area contributed by atoms with Gasteiger partial charge in [0.15, 0.2) is 0 Å². The van der Waals surface area contributed by atoms with Gasteiger partial charge in [0.1, 0.15) is 11.6 Å². The summed E-state index contributed by atoms with van der Waals surface area (Å²) in [5.41, 5.74) is 3.81. The number of aromatic nitrogens is 1. The lowest BCUT2D eigenvalue weighted by molar-refractivity contribution is 0.315. The third-order valence-electron chi connectivity index (χ3n) is 3.00. The highest BCUT2D eigenvalue weighted by Crippen LogP contribution is 2.29. The molecule has 21 heavy (non-hydrogen) atoms. The van der Waals surface area contributed by atoms with Crippen LogP contribution in [0.15, 0.2) is 41.1 Å². The van der Waals surface area contributed by atoms with E-state index in [9.17, 15) is 4.39 Å². The van der Waals surface area contributed by atoms with Gasteiger partial charge in [0.05, 0.1) is 23.3 Å². The van der Waals surface area contributed by atoms with Gasteiger partial charge >= 0.3 is 0 Å². The minimum Gasteiger partial charge on any atom is -0.492 e.